The van der Waals surface area contributed by atoms with Crippen molar-refractivity contribution < 1.29 is 4.79 Å². The maximum Gasteiger partial charge on any atom is 0.240 e. The SMILES string of the molecule is CCCC1(C(=O)NC(C)c2ccccc2Br)CCCN1. The molecule has 1 amide bonds. The number of nitrogens with one attached hydrogen (secondary N) is 2. The molecule has 1 saturated heterocycles. The molecule has 4 heteroatoms. The van der Waals surface area contributed by atoms with Gasteiger partial charge in [0.15, 0.2) is 0 Å². The van der Waals surface area contributed by atoms with Crippen LogP contribution < -0.4 is 10.6 Å². The Bertz CT molecular complexity index is 469. The van der Waals surface area contributed by atoms with E-state index in [1.54, 1.807) is 0 Å². The minimum Gasteiger partial charge on any atom is -0.348 e. The molecule has 0 bridgehead atoms. The summed E-state index contributed by atoms with van der Waals surface area (Å²) in [6.07, 6.45) is 3.94. The van der Waals surface area contributed by atoms with Gasteiger partial charge in [-0.3, -0.25) is 4.79 Å². The van der Waals surface area contributed by atoms with Crippen molar-refractivity contribution in [2.75, 3.05) is 6.54 Å². The molecule has 110 valence electrons. The first-order chi connectivity index (χ1) is 9.59. The van der Waals surface area contributed by atoms with Crippen molar-refractivity contribution in [1.82, 2.24) is 10.6 Å². The van der Waals surface area contributed by atoms with E-state index in [1.807, 2.05) is 31.2 Å². The first-order valence-corrected chi connectivity index (χ1v) is 8.19. The van der Waals surface area contributed by atoms with Gasteiger partial charge in [0.25, 0.3) is 0 Å². The van der Waals surface area contributed by atoms with Gasteiger partial charge in [-0.05, 0) is 44.4 Å². The molecule has 2 rings (SSSR count). The van der Waals surface area contributed by atoms with Crippen molar-refractivity contribution in [2.24, 2.45) is 0 Å². The van der Waals surface area contributed by atoms with Crippen molar-refractivity contribution in [3.63, 3.8) is 0 Å². The van der Waals surface area contributed by atoms with Gasteiger partial charge in [0, 0.05) is 4.47 Å². The zero-order valence-corrected chi connectivity index (χ0v) is 13.8. The van der Waals surface area contributed by atoms with E-state index in [9.17, 15) is 4.79 Å². The molecule has 1 aliphatic rings. The molecular formula is C16H23BrN2O. The van der Waals surface area contributed by atoms with Gasteiger partial charge < -0.3 is 10.6 Å². The van der Waals surface area contributed by atoms with E-state index in [4.69, 9.17) is 0 Å². The summed E-state index contributed by atoms with van der Waals surface area (Å²) in [6.45, 7) is 5.11. The normalized spacial score (nSPS) is 23.6. The molecule has 0 aliphatic carbocycles. The smallest absolute Gasteiger partial charge is 0.240 e. The van der Waals surface area contributed by atoms with Gasteiger partial charge in [0.1, 0.15) is 0 Å². The summed E-state index contributed by atoms with van der Waals surface area (Å²) < 4.78 is 1.04. The van der Waals surface area contributed by atoms with Crippen molar-refractivity contribution in [3.05, 3.63) is 34.3 Å². The Kier molecular flexibility index (Phi) is 5.22. The Morgan fingerprint density at radius 2 is 2.25 bits per heavy atom. The van der Waals surface area contributed by atoms with E-state index in [1.165, 1.54) is 0 Å². The second-order valence-corrected chi connectivity index (χ2v) is 6.43. The van der Waals surface area contributed by atoms with Crippen LogP contribution >= 0.6 is 15.9 Å². The third-order valence-corrected chi connectivity index (χ3v) is 4.80. The highest BCUT2D eigenvalue weighted by Crippen LogP contribution is 2.28. The number of rotatable bonds is 5. The molecule has 2 N–H and O–H groups in total. The van der Waals surface area contributed by atoms with Crippen LogP contribution in [0.2, 0.25) is 0 Å². The Hall–Kier alpha value is -0.870. The molecule has 1 heterocycles. The molecule has 20 heavy (non-hydrogen) atoms. The highest BCUT2D eigenvalue weighted by Gasteiger charge is 2.40. The van der Waals surface area contributed by atoms with Crippen LogP contribution in [-0.4, -0.2) is 18.0 Å². The molecule has 0 aromatic heterocycles. The number of amides is 1. The van der Waals surface area contributed by atoms with Gasteiger partial charge in [-0.1, -0.05) is 47.5 Å². The fourth-order valence-corrected chi connectivity index (χ4v) is 3.62. The molecule has 3 nitrogen and oxygen atoms in total. The third kappa shape index (κ3) is 3.23. The molecule has 1 aromatic carbocycles. The maximum absolute atomic E-state index is 12.7. The summed E-state index contributed by atoms with van der Waals surface area (Å²) >= 11 is 3.55. The second kappa shape index (κ2) is 6.72. The topological polar surface area (TPSA) is 41.1 Å². The largest absolute Gasteiger partial charge is 0.348 e. The van der Waals surface area contributed by atoms with Crippen LogP contribution in [0.25, 0.3) is 0 Å². The lowest BCUT2D eigenvalue weighted by molar-refractivity contribution is -0.128. The van der Waals surface area contributed by atoms with Crippen LogP contribution in [0.5, 0.6) is 0 Å². The molecule has 0 radical (unpaired) electrons. The summed E-state index contributed by atoms with van der Waals surface area (Å²) in [4.78, 5) is 12.7. The molecule has 1 fully saturated rings. The Labute approximate surface area is 129 Å². The molecular weight excluding hydrogens is 316 g/mol. The Balaban J connectivity index is 2.08. The van der Waals surface area contributed by atoms with Crippen LogP contribution in [0.4, 0.5) is 0 Å². The van der Waals surface area contributed by atoms with Crippen LogP contribution in [0.15, 0.2) is 28.7 Å². The number of hydrogen-bond acceptors (Lipinski definition) is 2. The standard InChI is InChI=1S/C16H23BrN2O/c1-3-9-16(10-6-11-18-16)15(20)19-12(2)13-7-4-5-8-14(13)17/h4-5,7-8,12,18H,3,6,9-11H2,1-2H3,(H,19,20). The highest BCUT2D eigenvalue weighted by molar-refractivity contribution is 9.10. The van der Waals surface area contributed by atoms with E-state index < -0.39 is 0 Å². The number of benzene rings is 1. The van der Waals surface area contributed by atoms with Gasteiger partial charge in [0.05, 0.1) is 11.6 Å². The molecule has 0 saturated carbocycles. The lowest BCUT2D eigenvalue weighted by Gasteiger charge is -2.30. The number of hydrogen-bond donors (Lipinski definition) is 2. The van der Waals surface area contributed by atoms with E-state index in [0.717, 1.165) is 42.3 Å². The van der Waals surface area contributed by atoms with Crippen LogP contribution in [0.3, 0.4) is 0 Å². The van der Waals surface area contributed by atoms with E-state index >= 15 is 0 Å². The zero-order valence-electron chi connectivity index (χ0n) is 12.2. The van der Waals surface area contributed by atoms with Crippen molar-refractivity contribution in [2.45, 2.75) is 51.1 Å². The quantitative estimate of drug-likeness (QED) is 0.861. The van der Waals surface area contributed by atoms with Crippen molar-refractivity contribution >= 4 is 21.8 Å². The van der Waals surface area contributed by atoms with E-state index in [-0.39, 0.29) is 17.5 Å². The average Bonchev–Trinajstić information content (AvgIpc) is 2.89. The monoisotopic (exact) mass is 338 g/mol. The summed E-state index contributed by atoms with van der Waals surface area (Å²) in [5, 5.41) is 6.59. The zero-order chi connectivity index (χ0) is 14.6. The van der Waals surface area contributed by atoms with Gasteiger partial charge in [-0.25, -0.2) is 0 Å². The average molecular weight is 339 g/mol. The number of carbonyl (C=O) groups excluding carboxylic acids is 1. The number of halogens is 1. The van der Waals surface area contributed by atoms with E-state index in [2.05, 4.69) is 33.5 Å². The van der Waals surface area contributed by atoms with Crippen LogP contribution in [0.1, 0.15) is 51.1 Å². The number of carbonyl (C=O) groups is 1. The van der Waals surface area contributed by atoms with Crippen LogP contribution in [0, 0.1) is 0 Å². The first kappa shape index (κ1) is 15.5. The Morgan fingerprint density at radius 3 is 2.85 bits per heavy atom. The highest BCUT2D eigenvalue weighted by atomic mass is 79.9. The molecule has 2 unspecified atom stereocenters. The molecule has 2 atom stereocenters. The summed E-state index contributed by atoms with van der Waals surface area (Å²) in [6, 6.07) is 8.05. The predicted molar refractivity (Wildman–Crippen MR) is 85.6 cm³/mol. The maximum atomic E-state index is 12.7. The lowest BCUT2D eigenvalue weighted by atomic mass is 9.90. The molecule has 1 aliphatic heterocycles. The third-order valence-electron chi connectivity index (χ3n) is 4.07. The fourth-order valence-electron chi connectivity index (χ4n) is 2.99. The Morgan fingerprint density at radius 1 is 1.50 bits per heavy atom. The van der Waals surface area contributed by atoms with Crippen LogP contribution in [-0.2, 0) is 4.79 Å². The van der Waals surface area contributed by atoms with Gasteiger partial charge >= 0.3 is 0 Å². The molecule has 1 aromatic rings. The summed E-state index contributed by atoms with van der Waals surface area (Å²) in [5.74, 6) is 0.139. The lowest BCUT2D eigenvalue weighted by Crippen LogP contribution is -2.53. The summed E-state index contributed by atoms with van der Waals surface area (Å²) in [7, 11) is 0. The summed E-state index contributed by atoms with van der Waals surface area (Å²) in [5.41, 5.74) is 0.759. The van der Waals surface area contributed by atoms with Crippen molar-refractivity contribution in [1.29, 1.82) is 0 Å². The fraction of sp³-hybridized carbons (Fsp3) is 0.562. The van der Waals surface area contributed by atoms with Gasteiger partial charge in [-0.2, -0.15) is 0 Å². The second-order valence-electron chi connectivity index (χ2n) is 5.58. The van der Waals surface area contributed by atoms with Crippen molar-refractivity contribution in [3.8, 4) is 0 Å². The van der Waals surface area contributed by atoms with Gasteiger partial charge in [0.2, 0.25) is 5.91 Å². The first-order valence-electron chi connectivity index (χ1n) is 7.39. The van der Waals surface area contributed by atoms with Gasteiger partial charge in [-0.15, -0.1) is 0 Å². The van der Waals surface area contributed by atoms with E-state index in [0.29, 0.717) is 0 Å². The minimum atomic E-state index is -0.357. The predicted octanol–water partition coefficient (Wildman–Crippen LogP) is 3.55. The molecule has 0 spiro atoms. The minimum absolute atomic E-state index is 0.00852.